The van der Waals surface area contributed by atoms with Crippen LogP contribution in [0.1, 0.15) is 24.4 Å². The van der Waals surface area contributed by atoms with Crippen molar-refractivity contribution in [1.82, 2.24) is 24.3 Å². The quantitative estimate of drug-likeness (QED) is 0.347. The Labute approximate surface area is 201 Å². The summed E-state index contributed by atoms with van der Waals surface area (Å²) in [4.78, 5) is 42.6. The summed E-state index contributed by atoms with van der Waals surface area (Å²) in [5, 5.41) is 3.36. The number of amides is 2. The molecule has 2 amide bonds. The topological polar surface area (TPSA) is 88.8 Å². The first kappa shape index (κ1) is 24.8. The molecule has 0 bridgehead atoms. The molecule has 2 saturated heterocycles. The van der Waals surface area contributed by atoms with Crippen LogP contribution in [-0.2, 0) is 27.9 Å². The highest BCUT2D eigenvalue weighted by atomic mass is 28.3. The first-order valence-corrected chi connectivity index (χ1v) is 15.9. The van der Waals surface area contributed by atoms with Gasteiger partial charge in [0.25, 0.3) is 5.91 Å². The van der Waals surface area contributed by atoms with E-state index in [0.29, 0.717) is 13.0 Å². The van der Waals surface area contributed by atoms with Gasteiger partial charge in [-0.3, -0.25) is 28.5 Å². The third kappa shape index (κ3) is 5.35. The molecule has 2 aromatic rings. The summed E-state index contributed by atoms with van der Waals surface area (Å²) < 4.78 is 8.87. The van der Waals surface area contributed by atoms with Crippen LogP contribution < -0.4 is 11.0 Å². The molecule has 1 atom stereocenters. The Balaban J connectivity index is 1.54. The maximum Gasteiger partial charge on any atom is 0.329 e. The average molecular weight is 488 g/mol. The van der Waals surface area contributed by atoms with E-state index in [1.165, 1.54) is 4.90 Å². The number of ether oxygens (including phenoxy) is 1. The summed E-state index contributed by atoms with van der Waals surface area (Å²) in [5.74, 6) is -0.593. The van der Waals surface area contributed by atoms with Crippen LogP contribution >= 0.6 is 0 Å². The zero-order chi connectivity index (χ0) is 24.5. The fourth-order valence-corrected chi connectivity index (χ4v) is 5.42. The number of carbonyl (C=O) groups is 2. The SMILES string of the molecule is Cn1c(=O)n(C2CCC(=O)N(COCC[Si](C)(C)C)C2=O)c2ccc(CN3CCNCC3)cc21. The molecule has 186 valence electrons. The molecule has 4 rings (SSSR count). The van der Waals surface area contributed by atoms with Crippen LogP contribution in [-0.4, -0.2) is 78.3 Å². The van der Waals surface area contributed by atoms with Crippen molar-refractivity contribution < 1.29 is 14.3 Å². The summed E-state index contributed by atoms with van der Waals surface area (Å²) in [6.07, 6.45) is 0.544. The van der Waals surface area contributed by atoms with Crippen LogP contribution in [0, 0.1) is 0 Å². The van der Waals surface area contributed by atoms with E-state index in [1.807, 2.05) is 18.2 Å². The van der Waals surface area contributed by atoms with Crippen LogP contribution in [0.15, 0.2) is 23.0 Å². The molecule has 3 heterocycles. The highest BCUT2D eigenvalue weighted by molar-refractivity contribution is 6.76. The van der Waals surface area contributed by atoms with Crippen molar-refractivity contribution in [3.63, 3.8) is 0 Å². The standard InChI is InChI=1S/C24H37N5O4Si/c1-26-21-15-18(16-27-11-9-25-10-12-27)5-6-19(21)29(24(26)32)20-7-8-22(30)28(23(20)31)17-33-13-14-34(2,3)4/h5-6,15,20,25H,7-14,16-17H2,1-4H3. The molecule has 0 aliphatic carbocycles. The molecule has 2 fully saturated rings. The predicted molar refractivity (Wildman–Crippen MR) is 134 cm³/mol. The third-order valence-electron chi connectivity index (χ3n) is 6.78. The van der Waals surface area contributed by atoms with Gasteiger partial charge in [0.15, 0.2) is 0 Å². The van der Waals surface area contributed by atoms with Gasteiger partial charge in [-0.1, -0.05) is 25.7 Å². The molecule has 1 aromatic carbocycles. The molecular formula is C24H37N5O4Si. The van der Waals surface area contributed by atoms with E-state index in [0.717, 1.165) is 55.4 Å². The number of rotatable bonds is 8. The number of fused-ring (bicyclic) bond motifs is 1. The minimum absolute atomic E-state index is 0.0486. The average Bonchev–Trinajstić information content (AvgIpc) is 3.03. The maximum atomic E-state index is 13.3. The number of carbonyl (C=O) groups excluding carboxylic acids is 2. The van der Waals surface area contributed by atoms with Crippen LogP contribution in [0.25, 0.3) is 11.0 Å². The van der Waals surface area contributed by atoms with E-state index < -0.39 is 14.1 Å². The summed E-state index contributed by atoms with van der Waals surface area (Å²) >= 11 is 0. The molecule has 0 radical (unpaired) electrons. The van der Waals surface area contributed by atoms with Crippen LogP contribution in [0.3, 0.4) is 0 Å². The van der Waals surface area contributed by atoms with Crippen LogP contribution in [0.4, 0.5) is 0 Å². The molecule has 0 spiro atoms. The van der Waals surface area contributed by atoms with Crippen LogP contribution in [0.5, 0.6) is 0 Å². The molecule has 1 aromatic heterocycles. The van der Waals surface area contributed by atoms with Gasteiger partial charge in [-0.05, 0) is 30.2 Å². The lowest BCUT2D eigenvalue weighted by molar-refractivity contribution is -0.157. The number of nitrogens with one attached hydrogen (secondary N) is 1. The maximum absolute atomic E-state index is 13.3. The molecule has 2 aliphatic heterocycles. The number of nitrogens with zero attached hydrogens (tertiary/aromatic N) is 4. The lowest BCUT2D eigenvalue weighted by Gasteiger charge is -2.31. The number of likely N-dealkylation sites (tertiary alicyclic amines) is 1. The van der Waals surface area contributed by atoms with Crippen molar-refractivity contribution >= 4 is 30.9 Å². The smallest absolute Gasteiger partial charge is 0.329 e. The minimum atomic E-state index is -1.27. The fourth-order valence-electron chi connectivity index (χ4n) is 4.67. The van der Waals surface area contributed by atoms with Crippen molar-refractivity contribution in [3.8, 4) is 0 Å². The third-order valence-corrected chi connectivity index (χ3v) is 8.49. The zero-order valence-corrected chi connectivity index (χ0v) is 21.8. The Kier molecular flexibility index (Phi) is 7.41. The highest BCUT2D eigenvalue weighted by Gasteiger charge is 2.37. The monoisotopic (exact) mass is 487 g/mol. The lowest BCUT2D eigenvalue weighted by Crippen LogP contribution is -2.48. The largest absolute Gasteiger partial charge is 0.361 e. The Morgan fingerprint density at radius 1 is 1.09 bits per heavy atom. The van der Waals surface area contributed by atoms with Gasteiger partial charge in [-0.2, -0.15) is 0 Å². The first-order chi connectivity index (χ1) is 16.2. The molecule has 1 N–H and O–H groups in total. The molecule has 10 heteroatoms. The number of piperazine rings is 1. The van der Waals surface area contributed by atoms with Crippen molar-refractivity contribution in [2.24, 2.45) is 7.05 Å². The number of aryl methyl sites for hydroxylation is 1. The van der Waals surface area contributed by atoms with Gasteiger partial charge >= 0.3 is 5.69 Å². The Hall–Kier alpha value is -2.27. The van der Waals surface area contributed by atoms with Crippen molar-refractivity contribution in [3.05, 3.63) is 34.2 Å². The first-order valence-electron chi connectivity index (χ1n) is 12.2. The number of piperidine rings is 1. The van der Waals surface area contributed by atoms with E-state index in [1.54, 1.807) is 16.2 Å². The molecule has 2 aliphatic rings. The molecule has 34 heavy (non-hydrogen) atoms. The van der Waals surface area contributed by atoms with E-state index in [4.69, 9.17) is 4.74 Å². The predicted octanol–water partition coefficient (Wildman–Crippen LogP) is 1.75. The van der Waals surface area contributed by atoms with Gasteiger partial charge in [0.05, 0.1) is 11.0 Å². The van der Waals surface area contributed by atoms with Crippen molar-refractivity contribution in [2.75, 3.05) is 39.5 Å². The molecular weight excluding hydrogens is 450 g/mol. The van der Waals surface area contributed by atoms with E-state index in [-0.39, 0.29) is 30.7 Å². The second kappa shape index (κ2) is 10.1. The summed E-state index contributed by atoms with van der Waals surface area (Å²) in [6.45, 7) is 12.0. The Bertz CT molecular complexity index is 1110. The van der Waals surface area contributed by atoms with Gasteiger partial charge in [0.1, 0.15) is 12.8 Å². The number of benzene rings is 1. The second-order valence-corrected chi connectivity index (χ2v) is 16.2. The number of imidazole rings is 1. The van der Waals surface area contributed by atoms with E-state index in [9.17, 15) is 14.4 Å². The van der Waals surface area contributed by atoms with Crippen LogP contribution in [0.2, 0.25) is 25.7 Å². The molecule has 1 unspecified atom stereocenters. The highest BCUT2D eigenvalue weighted by Crippen LogP contribution is 2.27. The second-order valence-electron chi connectivity index (χ2n) is 10.6. The summed E-state index contributed by atoms with van der Waals surface area (Å²) in [6, 6.07) is 6.29. The van der Waals surface area contributed by atoms with Crippen molar-refractivity contribution in [2.45, 2.75) is 51.1 Å². The van der Waals surface area contributed by atoms with Gasteiger partial charge in [-0.25, -0.2) is 4.79 Å². The number of imide groups is 1. The lowest BCUT2D eigenvalue weighted by atomic mass is 10.0. The Morgan fingerprint density at radius 2 is 1.82 bits per heavy atom. The van der Waals surface area contributed by atoms with Crippen molar-refractivity contribution in [1.29, 1.82) is 0 Å². The zero-order valence-electron chi connectivity index (χ0n) is 20.8. The summed E-state index contributed by atoms with van der Waals surface area (Å²) in [5.41, 5.74) is 2.44. The minimum Gasteiger partial charge on any atom is -0.361 e. The number of aromatic nitrogens is 2. The normalized spacial score (nSPS) is 20.5. The summed E-state index contributed by atoms with van der Waals surface area (Å²) in [7, 11) is 0.475. The fraction of sp³-hybridized carbons (Fsp3) is 0.625. The Morgan fingerprint density at radius 3 is 2.53 bits per heavy atom. The van der Waals surface area contributed by atoms with Gasteiger partial charge in [-0.15, -0.1) is 0 Å². The number of hydrogen-bond acceptors (Lipinski definition) is 6. The molecule has 9 nitrogen and oxygen atoms in total. The molecule has 0 saturated carbocycles. The van der Waals surface area contributed by atoms with Gasteiger partial charge in [0.2, 0.25) is 5.91 Å². The van der Waals surface area contributed by atoms with Gasteiger partial charge in [0, 0.05) is 60.9 Å². The van der Waals surface area contributed by atoms with Gasteiger partial charge < -0.3 is 10.1 Å². The number of hydrogen-bond donors (Lipinski definition) is 1. The van der Waals surface area contributed by atoms with E-state index >= 15 is 0 Å². The van der Waals surface area contributed by atoms with E-state index in [2.05, 4.69) is 29.9 Å².